The number of fused-ring (bicyclic) bond motifs is 2. The molecule has 3 aliphatic heterocycles. The predicted molar refractivity (Wildman–Crippen MR) is 158 cm³/mol. The second kappa shape index (κ2) is 12.3. The number of hydroxylamine groups is 2. The van der Waals surface area contributed by atoms with Crippen LogP contribution in [-0.4, -0.2) is 70.4 Å². The summed E-state index contributed by atoms with van der Waals surface area (Å²) in [5.74, 6) is -1.91. The van der Waals surface area contributed by atoms with E-state index in [2.05, 4.69) is 5.32 Å². The van der Waals surface area contributed by atoms with Gasteiger partial charge in [0, 0.05) is 5.75 Å². The van der Waals surface area contributed by atoms with Crippen molar-refractivity contribution in [2.45, 2.75) is 24.4 Å². The zero-order chi connectivity index (χ0) is 30.8. The molecule has 0 radical (unpaired) electrons. The van der Waals surface area contributed by atoms with Gasteiger partial charge >= 0.3 is 5.97 Å². The topological polar surface area (TPSA) is 132 Å². The van der Waals surface area contributed by atoms with Gasteiger partial charge in [-0.2, -0.15) is 0 Å². The van der Waals surface area contributed by atoms with E-state index >= 15 is 0 Å². The Morgan fingerprint density at radius 3 is 2.18 bits per heavy atom. The van der Waals surface area contributed by atoms with E-state index in [1.54, 1.807) is 43.5 Å². The normalized spacial score (nSPS) is 18.9. The minimum atomic E-state index is -0.834. The molecule has 1 unspecified atom stereocenters. The molecule has 11 nitrogen and oxygen atoms in total. The molecule has 12 heteroatoms. The second-order valence-corrected chi connectivity index (χ2v) is 11.3. The van der Waals surface area contributed by atoms with Crippen LogP contribution < -0.4 is 10.1 Å². The number of imide groups is 1. The molecule has 1 N–H and O–H groups in total. The lowest BCUT2D eigenvalue weighted by atomic mass is 10.0. The van der Waals surface area contributed by atoms with Gasteiger partial charge in [0.2, 0.25) is 5.91 Å². The Morgan fingerprint density at radius 1 is 0.864 bits per heavy atom. The minimum Gasteiger partial charge on any atom is -0.497 e. The van der Waals surface area contributed by atoms with Crippen LogP contribution >= 0.6 is 11.8 Å². The standard InChI is InChI=1S/C32H27N3O8S/c1-41-22-13-11-20(12-14-22)16-42-32(40)27-21(17-43-35-28(37)23-9-5-6-10-24(23)29(35)38)18-44-31-26(30(39)34(27)31)33-25(36)15-19-7-3-2-4-8-19/h2-14,26,31H,15-18H2,1H3,(H,33,36)/t26?,31-/m1/s1. The summed E-state index contributed by atoms with van der Waals surface area (Å²) in [5.41, 5.74) is 2.28. The molecule has 0 saturated carbocycles. The summed E-state index contributed by atoms with van der Waals surface area (Å²) in [6.07, 6.45) is 0.105. The van der Waals surface area contributed by atoms with Gasteiger partial charge in [-0.05, 0) is 41.0 Å². The molecular weight excluding hydrogens is 586 g/mol. The molecule has 1 saturated heterocycles. The highest BCUT2D eigenvalue weighted by Crippen LogP contribution is 2.41. The fraction of sp³-hybridized carbons (Fsp3) is 0.219. The van der Waals surface area contributed by atoms with Gasteiger partial charge in [-0.15, -0.1) is 16.8 Å². The average molecular weight is 614 g/mol. The third-order valence-electron chi connectivity index (χ3n) is 7.42. The van der Waals surface area contributed by atoms with E-state index in [9.17, 15) is 24.0 Å². The van der Waals surface area contributed by atoms with Crippen LogP contribution in [0.4, 0.5) is 0 Å². The van der Waals surface area contributed by atoms with Gasteiger partial charge in [0.1, 0.15) is 36.1 Å². The van der Waals surface area contributed by atoms with Crippen LogP contribution in [0.5, 0.6) is 5.75 Å². The molecule has 3 aliphatic rings. The molecule has 1 fully saturated rings. The fourth-order valence-electron chi connectivity index (χ4n) is 5.15. The number of methoxy groups -OCH3 is 1. The number of thioether (sulfide) groups is 1. The number of hydrogen-bond acceptors (Lipinski definition) is 9. The third kappa shape index (κ3) is 5.56. The van der Waals surface area contributed by atoms with Crippen molar-refractivity contribution < 1.29 is 38.3 Å². The lowest BCUT2D eigenvalue weighted by Crippen LogP contribution is -2.70. The summed E-state index contributed by atoms with van der Waals surface area (Å²) >= 11 is 1.33. The quantitative estimate of drug-likeness (QED) is 0.208. The Kier molecular flexibility index (Phi) is 8.18. The van der Waals surface area contributed by atoms with Crippen molar-refractivity contribution in [3.63, 3.8) is 0 Å². The first-order valence-electron chi connectivity index (χ1n) is 13.8. The fourth-order valence-corrected chi connectivity index (χ4v) is 6.48. The molecule has 2 atom stereocenters. The summed E-state index contributed by atoms with van der Waals surface area (Å²) in [7, 11) is 1.55. The maximum absolute atomic E-state index is 13.5. The minimum absolute atomic E-state index is 0.0302. The molecule has 3 aromatic carbocycles. The smallest absolute Gasteiger partial charge is 0.355 e. The van der Waals surface area contributed by atoms with Gasteiger partial charge in [-0.25, -0.2) is 4.79 Å². The zero-order valence-corrected chi connectivity index (χ0v) is 24.4. The number of β-lactam (4-membered cyclic amide) rings is 1. The van der Waals surface area contributed by atoms with Crippen molar-refractivity contribution in [1.82, 2.24) is 15.3 Å². The van der Waals surface area contributed by atoms with Gasteiger partial charge in [-0.3, -0.25) is 28.9 Å². The third-order valence-corrected chi connectivity index (χ3v) is 8.76. The molecule has 224 valence electrons. The van der Waals surface area contributed by atoms with Gasteiger partial charge in [0.05, 0.1) is 24.7 Å². The van der Waals surface area contributed by atoms with Crippen molar-refractivity contribution in [3.8, 4) is 5.75 Å². The van der Waals surface area contributed by atoms with Gasteiger partial charge in [0.15, 0.2) is 0 Å². The van der Waals surface area contributed by atoms with Crippen molar-refractivity contribution in [2.75, 3.05) is 19.5 Å². The molecule has 3 heterocycles. The Bertz CT molecular complexity index is 1640. The van der Waals surface area contributed by atoms with E-state index < -0.39 is 35.1 Å². The van der Waals surface area contributed by atoms with Crippen LogP contribution in [0.1, 0.15) is 31.8 Å². The number of nitrogens with one attached hydrogen (secondary N) is 1. The highest BCUT2D eigenvalue weighted by atomic mass is 32.2. The van der Waals surface area contributed by atoms with Crippen LogP contribution in [0.3, 0.4) is 0 Å². The zero-order valence-electron chi connectivity index (χ0n) is 23.6. The van der Waals surface area contributed by atoms with Crippen molar-refractivity contribution in [1.29, 1.82) is 0 Å². The predicted octanol–water partition coefficient (Wildman–Crippen LogP) is 2.86. The largest absolute Gasteiger partial charge is 0.497 e. The number of hydrogen-bond donors (Lipinski definition) is 1. The highest BCUT2D eigenvalue weighted by Gasteiger charge is 2.54. The molecular formula is C32H27N3O8S. The molecule has 0 aromatic heterocycles. The molecule has 44 heavy (non-hydrogen) atoms. The molecule has 6 rings (SSSR count). The highest BCUT2D eigenvalue weighted by molar-refractivity contribution is 8.00. The summed E-state index contributed by atoms with van der Waals surface area (Å²) in [6.45, 7) is -0.386. The lowest BCUT2D eigenvalue weighted by molar-refractivity contribution is -0.153. The van der Waals surface area contributed by atoms with E-state index in [0.717, 1.165) is 5.56 Å². The first-order valence-corrected chi connectivity index (χ1v) is 14.8. The van der Waals surface area contributed by atoms with Gasteiger partial charge in [-0.1, -0.05) is 54.6 Å². The Morgan fingerprint density at radius 2 is 1.52 bits per heavy atom. The summed E-state index contributed by atoms with van der Waals surface area (Å²) in [4.78, 5) is 72.2. The number of esters is 1. The van der Waals surface area contributed by atoms with Gasteiger partial charge < -0.3 is 14.8 Å². The van der Waals surface area contributed by atoms with Crippen LogP contribution in [0.25, 0.3) is 0 Å². The average Bonchev–Trinajstić information content (AvgIpc) is 3.30. The summed E-state index contributed by atoms with van der Waals surface area (Å²) < 4.78 is 10.8. The Labute approximate surface area is 256 Å². The van der Waals surface area contributed by atoms with E-state index in [1.807, 2.05) is 30.3 Å². The van der Waals surface area contributed by atoms with E-state index in [4.69, 9.17) is 14.3 Å². The Balaban J connectivity index is 1.20. The Hall–Kier alpha value is -4.94. The summed E-state index contributed by atoms with van der Waals surface area (Å²) in [6, 6.07) is 21.7. The number of benzene rings is 3. The summed E-state index contributed by atoms with van der Waals surface area (Å²) in [5, 5.41) is 2.91. The maximum Gasteiger partial charge on any atom is 0.355 e. The van der Waals surface area contributed by atoms with E-state index in [-0.39, 0.29) is 48.1 Å². The molecule has 3 aromatic rings. The van der Waals surface area contributed by atoms with Crippen LogP contribution in [0.15, 0.2) is 90.1 Å². The van der Waals surface area contributed by atoms with E-state index in [1.165, 1.54) is 28.8 Å². The molecule has 4 amide bonds. The van der Waals surface area contributed by atoms with E-state index in [0.29, 0.717) is 21.9 Å². The van der Waals surface area contributed by atoms with Crippen LogP contribution in [-0.2, 0) is 37.0 Å². The molecule has 0 spiro atoms. The first-order chi connectivity index (χ1) is 21.4. The number of carbonyl (C=O) groups excluding carboxylic acids is 5. The molecule has 0 aliphatic carbocycles. The van der Waals surface area contributed by atoms with Crippen molar-refractivity contribution >= 4 is 41.4 Å². The molecule has 0 bridgehead atoms. The van der Waals surface area contributed by atoms with Gasteiger partial charge in [0.25, 0.3) is 17.7 Å². The number of carbonyl (C=O) groups is 5. The van der Waals surface area contributed by atoms with Crippen LogP contribution in [0, 0.1) is 0 Å². The number of rotatable bonds is 10. The number of amides is 4. The first kappa shape index (κ1) is 29.1. The van der Waals surface area contributed by atoms with Crippen LogP contribution in [0.2, 0.25) is 0 Å². The van der Waals surface area contributed by atoms with Crippen molar-refractivity contribution in [3.05, 3.63) is 112 Å². The lowest BCUT2D eigenvalue weighted by Gasteiger charge is -2.49. The number of nitrogens with zero attached hydrogens (tertiary/aromatic N) is 2. The SMILES string of the molecule is COc1ccc(COC(=O)C2=C(CON3C(=O)c4ccccc4C3=O)CS[C@@H]3C(NC(=O)Cc4ccccc4)C(=O)N23)cc1. The number of ether oxygens (including phenoxy) is 2. The monoisotopic (exact) mass is 613 g/mol. The second-order valence-electron chi connectivity index (χ2n) is 10.2. The maximum atomic E-state index is 13.5. The van der Waals surface area contributed by atoms with Crippen molar-refractivity contribution in [2.24, 2.45) is 0 Å².